The highest BCUT2D eigenvalue weighted by Crippen LogP contribution is 2.24. The molecule has 124 valence electrons. The quantitative estimate of drug-likeness (QED) is 0.738. The van der Waals surface area contributed by atoms with Crippen molar-refractivity contribution < 1.29 is 23.1 Å². The summed E-state index contributed by atoms with van der Waals surface area (Å²) in [6.07, 6.45) is 1.77. The van der Waals surface area contributed by atoms with Crippen molar-refractivity contribution in [2.75, 3.05) is 14.1 Å². The molecule has 1 aromatic rings. The number of carbonyl (C=O) groups excluding carboxylic acids is 1. The first-order valence-electron chi connectivity index (χ1n) is 6.75. The number of nitrogens with one attached hydrogen (secondary N) is 1. The van der Waals surface area contributed by atoms with E-state index in [-0.39, 0.29) is 9.77 Å². The molecule has 1 rings (SSSR count). The Hall–Kier alpha value is -1.45. The fourth-order valence-corrected chi connectivity index (χ4v) is 3.95. The lowest BCUT2D eigenvalue weighted by Crippen LogP contribution is -2.41. The van der Waals surface area contributed by atoms with Gasteiger partial charge in [0.15, 0.2) is 0 Å². The number of carboxylic acid groups (broad SMARTS) is 1. The molecule has 0 aliphatic carbocycles. The molecule has 0 aliphatic heterocycles. The summed E-state index contributed by atoms with van der Waals surface area (Å²) in [6, 6.07) is 0.320. The van der Waals surface area contributed by atoms with E-state index in [1.165, 1.54) is 25.5 Å². The molecular weight excluding hydrogens is 328 g/mol. The van der Waals surface area contributed by atoms with E-state index in [1.807, 2.05) is 6.92 Å². The average Bonchev–Trinajstić information content (AvgIpc) is 2.92. The van der Waals surface area contributed by atoms with Crippen molar-refractivity contribution in [2.24, 2.45) is 0 Å². The van der Waals surface area contributed by atoms with E-state index in [4.69, 9.17) is 5.11 Å². The summed E-state index contributed by atoms with van der Waals surface area (Å²) in [6.45, 7) is 1.92. The van der Waals surface area contributed by atoms with E-state index in [9.17, 15) is 18.0 Å². The number of aliphatic carboxylic acids is 1. The third kappa shape index (κ3) is 4.28. The molecule has 0 bridgehead atoms. The maximum Gasteiger partial charge on any atom is 0.326 e. The Balaban J connectivity index is 3.00. The first kappa shape index (κ1) is 18.6. The van der Waals surface area contributed by atoms with E-state index in [2.05, 4.69) is 5.32 Å². The van der Waals surface area contributed by atoms with Gasteiger partial charge in [0.05, 0.1) is 0 Å². The van der Waals surface area contributed by atoms with Gasteiger partial charge in [-0.2, -0.15) is 0 Å². The molecular formula is C13H20N2O5S2. The van der Waals surface area contributed by atoms with Gasteiger partial charge in [-0.15, -0.1) is 11.3 Å². The van der Waals surface area contributed by atoms with Crippen LogP contribution in [0.25, 0.3) is 0 Å². The molecule has 1 amide bonds. The summed E-state index contributed by atoms with van der Waals surface area (Å²) in [5, 5.41) is 13.0. The summed E-state index contributed by atoms with van der Waals surface area (Å²) < 4.78 is 25.3. The highest BCUT2D eigenvalue weighted by atomic mass is 32.2. The monoisotopic (exact) mass is 348 g/mol. The number of hydrogen-bond acceptors (Lipinski definition) is 5. The zero-order valence-electron chi connectivity index (χ0n) is 12.7. The number of carboxylic acids is 1. The second-order valence-corrected chi connectivity index (χ2v) is 7.94. The van der Waals surface area contributed by atoms with Gasteiger partial charge >= 0.3 is 5.97 Å². The van der Waals surface area contributed by atoms with Crippen LogP contribution in [-0.2, 0) is 14.8 Å². The summed E-state index contributed by atoms with van der Waals surface area (Å²) in [4.78, 5) is 23.3. The predicted octanol–water partition coefficient (Wildman–Crippen LogP) is 1.37. The maximum absolute atomic E-state index is 12.2. The largest absolute Gasteiger partial charge is 0.480 e. The van der Waals surface area contributed by atoms with E-state index in [1.54, 1.807) is 0 Å². The molecule has 0 fully saturated rings. The van der Waals surface area contributed by atoms with Crippen LogP contribution in [0.5, 0.6) is 0 Å². The third-order valence-corrected chi connectivity index (χ3v) is 5.94. The summed E-state index contributed by atoms with van der Waals surface area (Å²) in [5.74, 6) is -1.81. The Morgan fingerprint density at radius 3 is 2.55 bits per heavy atom. The van der Waals surface area contributed by atoms with Gasteiger partial charge in [0, 0.05) is 14.1 Å². The Morgan fingerprint density at radius 2 is 2.05 bits per heavy atom. The van der Waals surface area contributed by atoms with Crippen LogP contribution in [0.2, 0.25) is 0 Å². The van der Waals surface area contributed by atoms with Crippen molar-refractivity contribution in [3.05, 3.63) is 16.3 Å². The summed E-state index contributed by atoms with van der Waals surface area (Å²) in [5.41, 5.74) is 0. The fourth-order valence-electron chi connectivity index (χ4n) is 1.75. The average molecular weight is 348 g/mol. The molecule has 0 radical (unpaired) electrons. The molecule has 0 saturated heterocycles. The van der Waals surface area contributed by atoms with Crippen molar-refractivity contribution >= 4 is 33.2 Å². The normalized spacial score (nSPS) is 13.1. The number of nitrogens with zero attached hydrogens (tertiary/aromatic N) is 1. The first-order valence-corrected chi connectivity index (χ1v) is 9.07. The second kappa shape index (κ2) is 7.70. The van der Waals surface area contributed by atoms with Crippen LogP contribution in [0.15, 0.2) is 16.3 Å². The summed E-state index contributed by atoms with van der Waals surface area (Å²) in [7, 11) is -1.00. The van der Waals surface area contributed by atoms with Crippen LogP contribution in [0.3, 0.4) is 0 Å². The van der Waals surface area contributed by atoms with Gasteiger partial charge in [0.25, 0.3) is 5.91 Å². The third-order valence-electron chi connectivity index (χ3n) is 3.04. The minimum atomic E-state index is -3.75. The highest BCUT2D eigenvalue weighted by Gasteiger charge is 2.28. The lowest BCUT2D eigenvalue weighted by atomic mass is 10.1. The van der Waals surface area contributed by atoms with Crippen molar-refractivity contribution in [1.29, 1.82) is 0 Å². The topological polar surface area (TPSA) is 104 Å². The number of hydrogen-bond donors (Lipinski definition) is 2. The summed E-state index contributed by atoms with van der Waals surface area (Å²) >= 11 is 0.969. The van der Waals surface area contributed by atoms with Crippen LogP contribution in [0.4, 0.5) is 0 Å². The van der Waals surface area contributed by atoms with E-state index < -0.39 is 27.9 Å². The molecule has 1 aromatic heterocycles. The molecule has 22 heavy (non-hydrogen) atoms. The van der Waals surface area contributed by atoms with Gasteiger partial charge in [-0.3, -0.25) is 4.79 Å². The smallest absolute Gasteiger partial charge is 0.326 e. The number of unbranched alkanes of at least 4 members (excludes halogenated alkanes) is 1. The van der Waals surface area contributed by atoms with Gasteiger partial charge in [0.1, 0.15) is 15.8 Å². The van der Waals surface area contributed by atoms with Gasteiger partial charge in [0.2, 0.25) is 10.0 Å². The molecule has 9 heteroatoms. The van der Waals surface area contributed by atoms with Crippen LogP contribution >= 0.6 is 11.3 Å². The molecule has 0 aliphatic rings. The second-order valence-electron chi connectivity index (χ2n) is 4.91. The van der Waals surface area contributed by atoms with Crippen LogP contribution in [-0.4, -0.2) is 49.8 Å². The van der Waals surface area contributed by atoms with Gasteiger partial charge in [-0.05, 0) is 17.9 Å². The Morgan fingerprint density at radius 1 is 1.41 bits per heavy atom. The molecule has 2 N–H and O–H groups in total. The van der Waals surface area contributed by atoms with Gasteiger partial charge < -0.3 is 10.4 Å². The first-order chi connectivity index (χ1) is 10.2. The Kier molecular flexibility index (Phi) is 6.51. The van der Waals surface area contributed by atoms with Crippen LogP contribution in [0, 0.1) is 0 Å². The number of amides is 1. The number of thiophene rings is 1. The number of sulfonamides is 1. The van der Waals surface area contributed by atoms with E-state index in [0.717, 1.165) is 22.1 Å². The zero-order chi connectivity index (χ0) is 16.9. The van der Waals surface area contributed by atoms with E-state index >= 15 is 0 Å². The molecule has 0 aromatic carbocycles. The van der Waals surface area contributed by atoms with E-state index in [0.29, 0.717) is 12.8 Å². The maximum atomic E-state index is 12.2. The Bertz CT molecular complexity index is 637. The minimum Gasteiger partial charge on any atom is -0.480 e. The lowest BCUT2D eigenvalue weighted by molar-refractivity contribution is -0.139. The zero-order valence-corrected chi connectivity index (χ0v) is 14.3. The minimum absolute atomic E-state index is 0.00329. The standard InChI is InChI=1S/C13H20N2O5S2/c1-4-5-6-9(13(17)18)14-12(16)11-10(7-8-21-11)22(19,20)15(2)3/h7-9H,4-6H2,1-3H3,(H,14,16)(H,17,18)/t9-/m0/s1. The molecule has 1 atom stereocenters. The lowest BCUT2D eigenvalue weighted by Gasteiger charge is -2.15. The van der Waals surface area contributed by atoms with Gasteiger partial charge in [-0.25, -0.2) is 17.5 Å². The Labute approximate surface area is 134 Å². The SMILES string of the molecule is CCCC[C@H](NC(=O)c1sccc1S(=O)(=O)N(C)C)C(=O)O. The molecule has 7 nitrogen and oxygen atoms in total. The van der Waals surface area contributed by atoms with Crippen molar-refractivity contribution in [3.63, 3.8) is 0 Å². The van der Waals surface area contributed by atoms with Crippen molar-refractivity contribution in [1.82, 2.24) is 9.62 Å². The molecule has 0 unspecified atom stereocenters. The highest BCUT2D eigenvalue weighted by molar-refractivity contribution is 7.89. The molecule has 0 saturated carbocycles. The number of carbonyl (C=O) groups is 2. The molecule has 0 spiro atoms. The molecule has 1 heterocycles. The number of rotatable bonds is 8. The fraction of sp³-hybridized carbons (Fsp3) is 0.538. The van der Waals surface area contributed by atoms with Crippen LogP contribution in [0.1, 0.15) is 35.9 Å². The van der Waals surface area contributed by atoms with Crippen molar-refractivity contribution in [3.8, 4) is 0 Å². The van der Waals surface area contributed by atoms with Crippen molar-refractivity contribution in [2.45, 2.75) is 37.1 Å². The van der Waals surface area contributed by atoms with Gasteiger partial charge in [-0.1, -0.05) is 19.8 Å². The predicted molar refractivity (Wildman–Crippen MR) is 83.6 cm³/mol. The van der Waals surface area contributed by atoms with Crippen LogP contribution < -0.4 is 5.32 Å².